The molecule has 6 nitrogen and oxygen atoms in total. The largest absolute Gasteiger partial charge is 0.454 e. The number of hydrogen-bond donors (Lipinski definition) is 0. The minimum Gasteiger partial charge on any atom is -0.454 e. The van der Waals surface area contributed by atoms with Crippen LogP contribution < -0.4 is 9.47 Å². The summed E-state index contributed by atoms with van der Waals surface area (Å²) in [4.78, 5) is 0.140. The van der Waals surface area contributed by atoms with E-state index in [9.17, 15) is 13.7 Å². The molecular formula is C20H18ClNO5S. The van der Waals surface area contributed by atoms with Gasteiger partial charge in [0.25, 0.3) is 0 Å². The molecule has 28 heavy (non-hydrogen) atoms. The van der Waals surface area contributed by atoms with E-state index < -0.39 is 26.4 Å². The van der Waals surface area contributed by atoms with Gasteiger partial charge in [-0.3, -0.25) is 0 Å². The van der Waals surface area contributed by atoms with Crippen molar-refractivity contribution in [3.63, 3.8) is 0 Å². The third-order valence-electron chi connectivity index (χ3n) is 5.24. The molecule has 0 unspecified atom stereocenters. The number of nitriles is 1. The molecule has 3 atom stereocenters. The van der Waals surface area contributed by atoms with Gasteiger partial charge in [0.15, 0.2) is 21.3 Å². The van der Waals surface area contributed by atoms with Crippen LogP contribution in [0.3, 0.4) is 0 Å². The maximum atomic E-state index is 13.4. The number of sulfone groups is 1. The predicted molar refractivity (Wildman–Crippen MR) is 102 cm³/mol. The summed E-state index contributed by atoms with van der Waals surface area (Å²) in [5.41, 5.74) is -0.449. The first-order chi connectivity index (χ1) is 13.4. The van der Waals surface area contributed by atoms with Gasteiger partial charge in [0.05, 0.1) is 22.8 Å². The van der Waals surface area contributed by atoms with Crippen LogP contribution in [0.15, 0.2) is 47.4 Å². The summed E-state index contributed by atoms with van der Waals surface area (Å²) < 4.78 is 43.0. The summed E-state index contributed by atoms with van der Waals surface area (Å²) in [6, 6.07) is 13.5. The third kappa shape index (κ3) is 2.93. The molecule has 1 saturated carbocycles. The zero-order valence-corrected chi connectivity index (χ0v) is 16.7. The molecule has 1 heterocycles. The second kappa shape index (κ2) is 6.96. The van der Waals surface area contributed by atoms with E-state index >= 15 is 0 Å². The number of halogens is 1. The van der Waals surface area contributed by atoms with Crippen molar-refractivity contribution in [3.05, 3.63) is 53.1 Å². The standard InChI is InChI=1S/C20H18ClNO5S/c1-2-25-11-20(10-22)18(13-3-8-16-17(9-13)27-12-26-16)19(20)28(23,24)15-6-4-14(21)5-7-15/h3-9,18-19H,2,11-12H2,1H3/t18-,19-,20+/m0/s1. The van der Waals surface area contributed by atoms with Crippen molar-refractivity contribution in [1.29, 1.82) is 5.26 Å². The molecule has 1 aliphatic heterocycles. The molecule has 0 bridgehead atoms. The number of benzene rings is 2. The molecule has 0 amide bonds. The Balaban J connectivity index is 1.77. The molecule has 0 aromatic heterocycles. The fourth-order valence-electron chi connectivity index (χ4n) is 3.82. The fourth-order valence-corrected chi connectivity index (χ4v) is 6.25. The van der Waals surface area contributed by atoms with Gasteiger partial charge in [-0.1, -0.05) is 17.7 Å². The molecule has 146 valence electrons. The topological polar surface area (TPSA) is 85.6 Å². The lowest BCUT2D eigenvalue weighted by Gasteiger charge is -2.10. The van der Waals surface area contributed by atoms with Crippen molar-refractivity contribution in [2.75, 3.05) is 20.0 Å². The Hall–Kier alpha value is -2.27. The number of rotatable bonds is 6. The maximum Gasteiger partial charge on any atom is 0.231 e. The lowest BCUT2D eigenvalue weighted by molar-refractivity contribution is 0.117. The molecule has 0 N–H and O–H groups in total. The predicted octanol–water partition coefficient (Wildman–Crippen LogP) is 3.55. The Morgan fingerprint density at radius 3 is 2.61 bits per heavy atom. The summed E-state index contributed by atoms with van der Waals surface area (Å²) >= 11 is 5.89. The second-order valence-electron chi connectivity index (χ2n) is 6.80. The van der Waals surface area contributed by atoms with E-state index in [0.717, 1.165) is 0 Å². The SMILES string of the molecule is CCOC[C@]1(C#N)[C@@H](c2ccc3c(c2)OCO3)[C@@H]1S(=O)(=O)c1ccc(Cl)cc1. The van der Waals surface area contributed by atoms with Crippen molar-refractivity contribution in [3.8, 4) is 17.6 Å². The molecule has 4 rings (SSSR count). The minimum absolute atomic E-state index is 0.0383. The molecule has 0 saturated heterocycles. The summed E-state index contributed by atoms with van der Waals surface area (Å²) in [7, 11) is -3.78. The first-order valence-electron chi connectivity index (χ1n) is 8.82. The maximum absolute atomic E-state index is 13.4. The average molecular weight is 420 g/mol. The lowest BCUT2D eigenvalue weighted by Crippen LogP contribution is -2.19. The normalized spacial score (nSPS) is 25.3. The van der Waals surface area contributed by atoms with Crippen LogP contribution in [0.4, 0.5) is 0 Å². The van der Waals surface area contributed by atoms with Crippen molar-refractivity contribution >= 4 is 21.4 Å². The van der Waals surface area contributed by atoms with E-state index in [-0.39, 0.29) is 18.3 Å². The summed E-state index contributed by atoms with van der Waals surface area (Å²) in [6.07, 6.45) is 0. The molecule has 1 aliphatic carbocycles. The zero-order chi connectivity index (χ0) is 19.9. The van der Waals surface area contributed by atoms with Crippen molar-refractivity contribution < 1.29 is 22.6 Å². The Morgan fingerprint density at radius 1 is 1.21 bits per heavy atom. The van der Waals surface area contributed by atoms with Gasteiger partial charge in [-0.15, -0.1) is 0 Å². The molecule has 8 heteroatoms. The lowest BCUT2D eigenvalue weighted by atomic mass is 10.0. The van der Waals surface area contributed by atoms with Crippen LogP contribution in [-0.2, 0) is 14.6 Å². The van der Waals surface area contributed by atoms with Gasteiger partial charge in [-0.05, 0) is 48.9 Å². The van der Waals surface area contributed by atoms with Gasteiger partial charge in [0.1, 0.15) is 5.41 Å². The van der Waals surface area contributed by atoms with Gasteiger partial charge in [-0.2, -0.15) is 5.26 Å². The molecule has 2 aromatic rings. The Kier molecular flexibility index (Phi) is 4.74. The molecule has 1 fully saturated rings. The molecular weight excluding hydrogens is 402 g/mol. The van der Waals surface area contributed by atoms with Gasteiger partial charge < -0.3 is 14.2 Å². The Labute approximate surface area is 168 Å². The van der Waals surface area contributed by atoms with E-state index in [1.807, 2.05) is 6.92 Å². The summed E-state index contributed by atoms with van der Waals surface area (Å²) in [5, 5.41) is 9.49. The van der Waals surface area contributed by atoms with Crippen LogP contribution in [0.1, 0.15) is 18.4 Å². The third-order valence-corrected chi connectivity index (χ3v) is 7.78. The van der Waals surface area contributed by atoms with Crippen molar-refractivity contribution in [1.82, 2.24) is 0 Å². The minimum atomic E-state index is -3.78. The van der Waals surface area contributed by atoms with Gasteiger partial charge in [0, 0.05) is 17.5 Å². The van der Waals surface area contributed by atoms with Gasteiger partial charge in [-0.25, -0.2) is 8.42 Å². The van der Waals surface area contributed by atoms with Crippen LogP contribution in [0, 0.1) is 16.7 Å². The smallest absolute Gasteiger partial charge is 0.231 e. The Bertz CT molecular complexity index is 1050. The highest BCUT2D eigenvalue weighted by Crippen LogP contribution is 2.64. The van der Waals surface area contributed by atoms with Crippen LogP contribution >= 0.6 is 11.6 Å². The van der Waals surface area contributed by atoms with Crippen molar-refractivity contribution in [2.24, 2.45) is 5.41 Å². The van der Waals surface area contributed by atoms with Crippen molar-refractivity contribution in [2.45, 2.75) is 23.0 Å². The van der Waals surface area contributed by atoms with E-state index in [1.165, 1.54) is 24.3 Å². The number of hydrogen-bond acceptors (Lipinski definition) is 6. The first kappa shape index (κ1) is 19.1. The molecule has 0 radical (unpaired) electrons. The van der Waals surface area contributed by atoms with E-state index in [1.54, 1.807) is 18.2 Å². The molecule has 0 spiro atoms. The molecule has 2 aromatic carbocycles. The Morgan fingerprint density at radius 2 is 1.93 bits per heavy atom. The first-order valence-corrected chi connectivity index (χ1v) is 10.7. The highest BCUT2D eigenvalue weighted by molar-refractivity contribution is 7.92. The fraction of sp³-hybridized carbons (Fsp3) is 0.350. The number of fused-ring (bicyclic) bond motifs is 1. The van der Waals surface area contributed by atoms with E-state index in [2.05, 4.69) is 6.07 Å². The number of ether oxygens (including phenoxy) is 3. The highest BCUT2D eigenvalue weighted by atomic mass is 35.5. The second-order valence-corrected chi connectivity index (χ2v) is 9.30. The quantitative estimate of drug-likeness (QED) is 0.711. The van der Waals surface area contributed by atoms with E-state index in [4.69, 9.17) is 25.8 Å². The highest BCUT2D eigenvalue weighted by Gasteiger charge is 2.72. The van der Waals surface area contributed by atoms with Crippen LogP contribution in [-0.4, -0.2) is 33.7 Å². The monoisotopic (exact) mass is 419 g/mol. The van der Waals surface area contributed by atoms with Crippen LogP contribution in [0.2, 0.25) is 5.02 Å². The molecule has 2 aliphatic rings. The average Bonchev–Trinajstić information content (AvgIpc) is 3.15. The number of nitrogens with zero attached hydrogens (tertiary/aromatic N) is 1. The summed E-state index contributed by atoms with van der Waals surface area (Å²) in [6.45, 7) is 2.37. The van der Waals surface area contributed by atoms with E-state index in [0.29, 0.717) is 28.7 Å². The van der Waals surface area contributed by atoms with Gasteiger partial charge >= 0.3 is 0 Å². The summed E-state index contributed by atoms with van der Waals surface area (Å²) in [5.74, 6) is 0.628. The van der Waals surface area contributed by atoms with Crippen LogP contribution in [0.25, 0.3) is 0 Å². The van der Waals surface area contributed by atoms with Gasteiger partial charge in [0.2, 0.25) is 6.79 Å². The zero-order valence-electron chi connectivity index (χ0n) is 15.1. The van der Waals surface area contributed by atoms with Crippen LogP contribution in [0.5, 0.6) is 11.5 Å².